The van der Waals surface area contributed by atoms with Crippen molar-refractivity contribution in [3.8, 4) is 6.07 Å². The summed E-state index contributed by atoms with van der Waals surface area (Å²) >= 11 is 7.50. The Morgan fingerprint density at radius 3 is 2.66 bits per heavy atom. The van der Waals surface area contributed by atoms with Gasteiger partial charge in [0.25, 0.3) is 10.0 Å². The van der Waals surface area contributed by atoms with Gasteiger partial charge < -0.3 is 5.32 Å². The van der Waals surface area contributed by atoms with Crippen molar-refractivity contribution in [3.63, 3.8) is 0 Å². The number of nitriles is 1. The maximum absolute atomic E-state index is 14.9. The van der Waals surface area contributed by atoms with Crippen molar-refractivity contribution < 1.29 is 12.8 Å². The molecule has 2 aliphatic rings. The Bertz CT molecular complexity index is 1080. The topological polar surface area (TPSA) is 98.1 Å². The molecule has 0 radical (unpaired) electrons. The van der Waals surface area contributed by atoms with Crippen molar-refractivity contribution in [2.45, 2.75) is 55.5 Å². The van der Waals surface area contributed by atoms with Crippen molar-refractivity contribution in [1.82, 2.24) is 9.88 Å². The Kier molecular flexibility index (Phi) is 7.20. The molecule has 1 aliphatic carbocycles. The number of thiazole rings is 1. The second-order valence-electron chi connectivity index (χ2n) is 8.25. The van der Waals surface area contributed by atoms with Crippen LogP contribution in [0.5, 0.6) is 0 Å². The standard InChI is InChI=1S/C21H25ClFN5O2S2/c22-15-11-20(32(29,30)27-21-25-7-10-31-21)16(23)12-18(15)26-17-3-1-2-4-19(17)28-8-5-14(13-24)6-9-28/h7,10-12,14,17,19,26H,1-6,8-9H2,(H,25,27)/t17-,19-/m0/s1. The van der Waals surface area contributed by atoms with Gasteiger partial charge in [-0.05, 0) is 50.9 Å². The van der Waals surface area contributed by atoms with E-state index in [4.69, 9.17) is 16.9 Å². The van der Waals surface area contributed by atoms with E-state index in [1.807, 2.05) is 0 Å². The second kappa shape index (κ2) is 9.91. The van der Waals surface area contributed by atoms with E-state index in [2.05, 4.69) is 26.0 Å². The summed E-state index contributed by atoms with van der Waals surface area (Å²) in [6.07, 6.45) is 7.34. The van der Waals surface area contributed by atoms with Gasteiger partial charge in [0.05, 0.1) is 16.8 Å². The lowest BCUT2D eigenvalue weighted by Gasteiger charge is -2.43. The molecular weight excluding hydrogens is 473 g/mol. The molecule has 1 saturated heterocycles. The van der Waals surface area contributed by atoms with Crippen LogP contribution in [0.4, 0.5) is 15.2 Å². The van der Waals surface area contributed by atoms with E-state index < -0.39 is 20.7 Å². The van der Waals surface area contributed by atoms with Crippen LogP contribution in [0, 0.1) is 23.1 Å². The van der Waals surface area contributed by atoms with Crippen molar-refractivity contribution in [2.75, 3.05) is 23.1 Å². The number of benzene rings is 1. The van der Waals surface area contributed by atoms with Gasteiger partial charge >= 0.3 is 0 Å². The summed E-state index contributed by atoms with van der Waals surface area (Å²) in [5.74, 6) is -0.750. The van der Waals surface area contributed by atoms with E-state index in [9.17, 15) is 12.8 Å². The Hall–Kier alpha value is -1.93. The van der Waals surface area contributed by atoms with Crippen LogP contribution in [-0.4, -0.2) is 43.5 Å². The number of rotatable bonds is 6. The number of aromatic nitrogens is 1. The van der Waals surface area contributed by atoms with Gasteiger partial charge in [0.1, 0.15) is 10.7 Å². The number of hydrogen-bond acceptors (Lipinski definition) is 7. The van der Waals surface area contributed by atoms with E-state index in [0.717, 1.165) is 75.1 Å². The Morgan fingerprint density at radius 2 is 1.97 bits per heavy atom. The minimum Gasteiger partial charge on any atom is -0.379 e. The van der Waals surface area contributed by atoms with Gasteiger partial charge in [0.15, 0.2) is 5.13 Å². The number of piperidine rings is 1. The van der Waals surface area contributed by atoms with Crippen LogP contribution in [0.15, 0.2) is 28.6 Å². The predicted molar refractivity (Wildman–Crippen MR) is 124 cm³/mol. The third kappa shape index (κ3) is 5.17. The Labute approximate surface area is 196 Å². The normalized spacial score (nSPS) is 22.9. The first-order valence-electron chi connectivity index (χ1n) is 10.7. The number of anilines is 2. The summed E-state index contributed by atoms with van der Waals surface area (Å²) in [4.78, 5) is 5.79. The fraction of sp³-hybridized carbons (Fsp3) is 0.524. The van der Waals surface area contributed by atoms with Crippen molar-refractivity contribution in [2.24, 2.45) is 5.92 Å². The van der Waals surface area contributed by atoms with E-state index >= 15 is 0 Å². The fourth-order valence-electron chi connectivity index (χ4n) is 4.57. The van der Waals surface area contributed by atoms with Crippen LogP contribution in [0.1, 0.15) is 38.5 Å². The van der Waals surface area contributed by atoms with Crippen LogP contribution in [0.2, 0.25) is 5.02 Å². The lowest BCUT2D eigenvalue weighted by atomic mass is 9.86. The Morgan fingerprint density at radius 1 is 1.22 bits per heavy atom. The maximum Gasteiger partial charge on any atom is 0.266 e. The van der Waals surface area contributed by atoms with E-state index in [-0.39, 0.29) is 28.2 Å². The molecule has 11 heteroatoms. The number of nitrogens with zero attached hydrogens (tertiary/aromatic N) is 3. The average molecular weight is 498 g/mol. The first kappa shape index (κ1) is 23.2. The number of likely N-dealkylation sites (tertiary alicyclic amines) is 1. The molecule has 1 aromatic carbocycles. The molecule has 2 heterocycles. The number of halogens is 2. The molecule has 4 rings (SSSR count). The molecule has 2 N–H and O–H groups in total. The summed E-state index contributed by atoms with van der Waals surface area (Å²) < 4.78 is 42.3. The van der Waals surface area contributed by atoms with Crippen LogP contribution in [0.25, 0.3) is 0 Å². The average Bonchev–Trinajstić information content (AvgIpc) is 3.28. The van der Waals surface area contributed by atoms with Gasteiger partial charge in [0, 0.05) is 29.6 Å². The van der Waals surface area contributed by atoms with Gasteiger partial charge in [-0.1, -0.05) is 24.4 Å². The molecule has 0 amide bonds. The van der Waals surface area contributed by atoms with Crippen LogP contribution < -0.4 is 10.0 Å². The Balaban J connectivity index is 1.51. The summed E-state index contributed by atoms with van der Waals surface area (Å²) in [7, 11) is -4.15. The predicted octanol–water partition coefficient (Wildman–Crippen LogP) is 4.70. The zero-order valence-electron chi connectivity index (χ0n) is 17.4. The molecule has 32 heavy (non-hydrogen) atoms. The number of hydrogen-bond donors (Lipinski definition) is 2. The van der Waals surface area contributed by atoms with Crippen LogP contribution in [0.3, 0.4) is 0 Å². The lowest BCUT2D eigenvalue weighted by Crippen LogP contribution is -2.51. The highest BCUT2D eigenvalue weighted by molar-refractivity contribution is 7.93. The molecule has 1 aromatic heterocycles. The van der Waals surface area contributed by atoms with Gasteiger partial charge in [-0.25, -0.2) is 17.8 Å². The molecule has 0 bridgehead atoms. The molecule has 1 aliphatic heterocycles. The molecular formula is C21H25ClFN5O2S2. The second-order valence-corrected chi connectivity index (χ2v) is 11.2. The quantitative estimate of drug-likeness (QED) is 0.600. The number of nitrogens with one attached hydrogen (secondary N) is 2. The monoisotopic (exact) mass is 497 g/mol. The van der Waals surface area contributed by atoms with Gasteiger partial charge in [0.2, 0.25) is 0 Å². The molecule has 1 saturated carbocycles. The first-order valence-corrected chi connectivity index (χ1v) is 13.4. The molecule has 2 aromatic rings. The zero-order valence-corrected chi connectivity index (χ0v) is 19.8. The first-order chi connectivity index (χ1) is 15.4. The molecule has 172 valence electrons. The molecule has 7 nitrogen and oxygen atoms in total. The highest BCUT2D eigenvalue weighted by Gasteiger charge is 2.33. The minimum atomic E-state index is -4.15. The fourth-order valence-corrected chi connectivity index (χ4v) is 6.72. The van der Waals surface area contributed by atoms with Crippen molar-refractivity contribution in [3.05, 3.63) is 34.5 Å². The highest BCUT2D eigenvalue weighted by Crippen LogP contribution is 2.34. The lowest BCUT2D eigenvalue weighted by molar-refractivity contribution is 0.109. The minimum absolute atomic E-state index is 0.0789. The molecule has 2 atom stereocenters. The maximum atomic E-state index is 14.9. The number of sulfonamides is 1. The summed E-state index contributed by atoms with van der Waals surface area (Å²) in [5, 5.41) is 14.5. The van der Waals surface area contributed by atoms with Crippen molar-refractivity contribution >= 4 is 43.8 Å². The third-order valence-electron chi connectivity index (χ3n) is 6.22. The summed E-state index contributed by atoms with van der Waals surface area (Å²) in [6, 6.07) is 5.02. The van der Waals surface area contributed by atoms with Crippen LogP contribution >= 0.6 is 22.9 Å². The van der Waals surface area contributed by atoms with E-state index in [1.165, 1.54) is 6.20 Å². The van der Waals surface area contributed by atoms with E-state index in [0.29, 0.717) is 5.69 Å². The summed E-state index contributed by atoms with van der Waals surface area (Å²) in [5.41, 5.74) is 0.390. The largest absolute Gasteiger partial charge is 0.379 e. The molecule has 2 fully saturated rings. The zero-order chi connectivity index (χ0) is 22.7. The highest BCUT2D eigenvalue weighted by atomic mass is 35.5. The molecule has 0 spiro atoms. The molecule has 0 unspecified atom stereocenters. The summed E-state index contributed by atoms with van der Waals surface area (Å²) in [6.45, 7) is 1.76. The van der Waals surface area contributed by atoms with Gasteiger partial charge in [-0.15, -0.1) is 11.3 Å². The van der Waals surface area contributed by atoms with Crippen molar-refractivity contribution in [1.29, 1.82) is 5.26 Å². The van der Waals surface area contributed by atoms with Gasteiger partial charge in [-0.3, -0.25) is 9.62 Å². The third-order valence-corrected chi connectivity index (χ3v) is 8.70. The van der Waals surface area contributed by atoms with Crippen LogP contribution in [-0.2, 0) is 10.0 Å². The smallest absolute Gasteiger partial charge is 0.266 e. The van der Waals surface area contributed by atoms with Gasteiger partial charge in [-0.2, -0.15) is 5.26 Å². The van der Waals surface area contributed by atoms with E-state index in [1.54, 1.807) is 5.38 Å². The SMILES string of the molecule is N#CC1CCN([C@H]2CCCC[C@@H]2Nc2cc(F)c(S(=O)(=O)Nc3nccs3)cc2Cl)CC1.